The molecule has 0 spiro atoms. The topological polar surface area (TPSA) is 73.2 Å². The standard InChI is InChI=1S/C20H17N3O3/c1-3-11-23-20(25)17-10-5-4-9-16(17)18(22-23)13-21-19(24)14-7-6-8-15(12-14)26-2/h1,4-10,12H,11,13H2,2H3,(H,21,24). The van der Waals surface area contributed by atoms with Crippen LogP contribution in [-0.4, -0.2) is 22.8 Å². The van der Waals surface area contributed by atoms with Gasteiger partial charge < -0.3 is 10.1 Å². The number of ether oxygens (including phenoxy) is 1. The number of methoxy groups -OCH3 is 1. The fourth-order valence-electron chi connectivity index (χ4n) is 2.66. The molecule has 0 fully saturated rings. The van der Waals surface area contributed by atoms with E-state index >= 15 is 0 Å². The third kappa shape index (κ3) is 3.42. The summed E-state index contributed by atoms with van der Waals surface area (Å²) in [6, 6.07) is 14.0. The monoisotopic (exact) mass is 347 g/mol. The number of hydrogen-bond acceptors (Lipinski definition) is 4. The van der Waals surface area contributed by atoms with Crippen LogP contribution in [-0.2, 0) is 13.1 Å². The van der Waals surface area contributed by atoms with Gasteiger partial charge in [-0.1, -0.05) is 30.2 Å². The van der Waals surface area contributed by atoms with E-state index in [0.717, 1.165) is 0 Å². The molecular formula is C20H17N3O3. The highest BCUT2D eigenvalue weighted by molar-refractivity contribution is 5.94. The molecule has 0 aliphatic heterocycles. The number of amides is 1. The van der Waals surface area contributed by atoms with E-state index in [0.29, 0.717) is 27.8 Å². The summed E-state index contributed by atoms with van der Waals surface area (Å²) in [7, 11) is 1.54. The van der Waals surface area contributed by atoms with Gasteiger partial charge in [0.05, 0.1) is 24.7 Å². The van der Waals surface area contributed by atoms with Crippen molar-refractivity contribution < 1.29 is 9.53 Å². The Labute approximate surface area is 150 Å². The molecule has 0 bridgehead atoms. The second-order valence-corrected chi connectivity index (χ2v) is 5.57. The second-order valence-electron chi connectivity index (χ2n) is 5.57. The van der Waals surface area contributed by atoms with Crippen molar-refractivity contribution in [3.63, 3.8) is 0 Å². The van der Waals surface area contributed by atoms with Crippen LogP contribution >= 0.6 is 0 Å². The summed E-state index contributed by atoms with van der Waals surface area (Å²) in [5.74, 6) is 2.76. The normalized spacial score (nSPS) is 10.3. The van der Waals surface area contributed by atoms with Crippen LogP contribution in [0.4, 0.5) is 0 Å². The summed E-state index contributed by atoms with van der Waals surface area (Å²) in [6.07, 6.45) is 5.32. The van der Waals surface area contributed by atoms with Gasteiger partial charge in [0.2, 0.25) is 0 Å². The first-order valence-electron chi connectivity index (χ1n) is 7.98. The highest BCUT2D eigenvalue weighted by atomic mass is 16.5. The third-order valence-electron chi connectivity index (χ3n) is 3.93. The van der Waals surface area contributed by atoms with Crippen molar-refractivity contribution in [1.82, 2.24) is 15.1 Å². The molecule has 0 saturated heterocycles. The predicted octanol–water partition coefficient (Wildman–Crippen LogP) is 1.97. The van der Waals surface area contributed by atoms with Gasteiger partial charge in [-0.25, -0.2) is 4.68 Å². The van der Waals surface area contributed by atoms with Gasteiger partial charge in [0.15, 0.2) is 0 Å². The fraction of sp³-hybridized carbons (Fsp3) is 0.150. The molecule has 1 amide bonds. The Bertz CT molecular complexity index is 1060. The molecule has 3 rings (SSSR count). The van der Waals surface area contributed by atoms with E-state index in [1.807, 2.05) is 6.07 Å². The van der Waals surface area contributed by atoms with Gasteiger partial charge in [-0.15, -0.1) is 6.42 Å². The molecule has 6 heteroatoms. The van der Waals surface area contributed by atoms with Crippen LogP contribution in [0, 0.1) is 12.3 Å². The molecule has 0 unspecified atom stereocenters. The van der Waals surface area contributed by atoms with Gasteiger partial charge in [0.25, 0.3) is 11.5 Å². The Morgan fingerprint density at radius 3 is 2.73 bits per heavy atom. The molecule has 0 radical (unpaired) electrons. The molecular weight excluding hydrogens is 330 g/mol. The number of hydrogen-bond donors (Lipinski definition) is 1. The lowest BCUT2D eigenvalue weighted by atomic mass is 10.1. The van der Waals surface area contributed by atoms with Crippen molar-refractivity contribution in [1.29, 1.82) is 0 Å². The Kier molecular flexibility index (Phi) is 4.99. The van der Waals surface area contributed by atoms with Crippen LogP contribution in [0.3, 0.4) is 0 Å². The van der Waals surface area contributed by atoms with E-state index < -0.39 is 0 Å². The van der Waals surface area contributed by atoms with Crippen LogP contribution in [0.15, 0.2) is 53.3 Å². The third-order valence-corrected chi connectivity index (χ3v) is 3.93. The minimum atomic E-state index is -0.260. The minimum Gasteiger partial charge on any atom is -0.497 e. The van der Waals surface area contributed by atoms with Crippen molar-refractivity contribution in [3.8, 4) is 18.1 Å². The average Bonchev–Trinajstić information content (AvgIpc) is 2.69. The SMILES string of the molecule is C#CCn1nc(CNC(=O)c2cccc(OC)c2)c2ccccc2c1=O. The quantitative estimate of drug-likeness (QED) is 0.716. The number of nitrogens with zero attached hydrogens (tertiary/aromatic N) is 2. The molecule has 3 aromatic rings. The first-order valence-corrected chi connectivity index (χ1v) is 7.98. The lowest BCUT2D eigenvalue weighted by molar-refractivity contribution is 0.0950. The van der Waals surface area contributed by atoms with Gasteiger partial charge in [-0.05, 0) is 24.3 Å². The average molecular weight is 347 g/mol. The fourth-order valence-corrected chi connectivity index (χ4v) is 2.66. The maximum absolute atomic E-state index is 12.4. The van der Waals surface area contributed by atoms with Crippen LogP contribution in [0.1, 0.15) is 16.1 Å². The summed E-state index contributed by atoms with van der Waals surface area (Å²) < 4.78 is 6.36. The number of fused-ring (bicyclic) bond motifs is 1. The maximum atomic E-state index is 12.4. The van der Waals surface area contributed by atoms with E-state index in [4.69, 9.17) is 11.2 Å². The van der Waals surface area contributed by atoms with Gasteiger partial charge in [-0.2, -0.15) is 5.10 Å². The Morgan fingerprint density at radius 2 is 2.00 bits per heavy atom. The maximum Gasteiger partial charge on any atom is 0.275 e. The molecule has 1 aromatic heterocycles. The van der Waals surface area contributed by atoms with Crippen molar-refractivity contribution in [2.24, 2.45) is 0 Å². The number of benzene rings is 2. The Balaban J connectivity index is 1.91. The van der Waals surface area contributed by atoms with Crippen molar-refractivity contribution in [2.75, 3.05) is 7.11 Å². The van der Waals surface area contributed by atoms with E-state index in [1.165, 1.54) is 4.68 Å². The highest BCUT2D eigenvalue weighted by Crippen LogP contribution is 2.15. The van der Waals surface area contributed by atoms with Crippen LogP contribution in [0.2, 0.25) is 0 Å². The van der Waals surface area contributed by atoms with Crippen LogP contribution in [0.25, 0.3) is 10.8 Å². The molecule has 6 nitrogen and oxygen atoms in total. The van der Waals surface area contributed by atoms with Crippen LogP contribution < -0.4 is 15.6 Å². The molecule has 26 heavy (non-hydrogen) atoms. The number of terminal acetylenes is 1. The molecule has 2 aromatic carbocycles. The number of rotatable bonds is 5. The summed E-state index contributed by atoms with van der Waals surface area (Å²) in [4.78, 5) is 24.8. The van der Waals surface area contributed by atoms with E-state index in [2.05, 4.69) is 16.3 Å². The van der Waals surface area contributed by atoms with Crippen LogP contribution in [0.5, 0.6) is 5.75 Å². The van der Waals surface area contributed by atoms with Crippen molar-refractivity contribution in [3.05, 3.63) is 70.1 Å². The molecule has 1 heterocycles. The van der Waals surface area contributed by atoms with E-state index in [1.54, 1.807) is 49.6 Å². The van der Waals surface area contributed by atoms with Gasteiger partial charge in [0.1, 0.15) is 12.3 Å². The first-order chi connectivity index (χ1) is 12.6. The first kappa shape index (κ1) is 17.2. The van der Waals surface area contributed by atoms with E-state index in [9.17, 15) is 9.59 Å². The van der Waals surface area contributed by atoms with Crippen molar-refractivity contribution in [2.45, 2.75) is 13.1 Å². The summed E-state index contributed by atoms with van der Waals surface area (Å²) in [6.45, 7) is 0.238. The zero-order valence-electron chi connectivity index (χ0n) is 14.2. The molecule has 0 saturated carbocycles. The highest BCUT2D eigenvalue weighted by Gasteiger charge is 2.12. The van der Waals surface area contributed by atoms with Gasteiger partial charge in [-0.3, -0.25) is 9.59 Å². The van der Waals surface area contributed by atoms with E-state index in [-0.39, 0.29) is 24.6 Å². The summed E-state index contributed by atoms with van der Waals surface area (Å²) in [5.41, 5.74) is 0.804. The number of aromatic nitrogens is 2. The minimum absolute atomic E-state index is 0.0699. The number of carbonyl (C=O) groups excluding carboxylic acids is 1. The predicted molar refractivity (Wildman–Crippen MR) is 99.0 cm³/mol. The van der Waals surface area contributed by atoms with Gasteiger partial charge >= 0.3 is 0 Å². The number of nitrogens with one attached hydrogen (secondary N) is 1. The zero-order chi connectivity index (χ0) is 18.5. The molecule has 0 aliphatic rings. The lowest BCUT2D eigenvalue weighted by Gasteiger charge is -2.11. The molecule has 0 atom stereocenters. The Morgan fingerprint density at radius 1 is 1.23 bits per heavy atom. The molecule has 130 valence electrons. The largest absolute Gasteiger partial charge is 0.497 e. The Hall–Kier alpha value is -3.59. The second kappa shape index (κ2) is 7.53. The number of carbonyl (C=O) groups is 1. The molecule has 1 N–H and O–H groups in total. The summed E-state index contributed by atoms with van der Waals surface area (Å²) >= 11 is 0. The van der Waals surface area contributed by atoms with Gasteiger partial charge in [0, 0.05) is 10.9 Å². The lowest BCUT2D eigenvalue weighted by Crippen LogP contribution is -2.28. The zero-order valence-corrected chi connectivity index (χ0v) is 14.2. The smallest absolute Gasteiger partial charge is 0.275 e. The summed E-state index contributed by atoms with van der Waals surface area (Å²) in [5, 5.41) is 8.34. The van der Waals surface area contributed by atoms with Crippen molar-refractivity contribution >= 4 is 16.7 Å². The molecule has 0 aliphatic carbocycles.